The van der Waals surface area contributed by atoms with E-state index in [0.717, 1.165) is 0 Å². The van der Waals surface area contributed by atoms with Crippen molar-refractivity contribution in [3.63, 3.8) is 0 Å². The normalized spacial score (nSPS) is 19.7. The Balaban J connectivity index is 3.39. The third-order valence-corrected chi connectivity index (χ3v) is 2.13. The Hall–Kier alpha value is -1.73. The maximum atomic E-state index is 10.5. The molecule has 0 unspecified atom stereocenters. The van der Waals surface area contributed by atoms with Crippen LogP contribution in [0.25, 0.3) is 0 Å². The Morgan fingerprint density at radius 1 is 1.07 bits per heavy atom. The van der Waals surface area contributed by atoms with Gasteiger partial charge < -0.3 is 11.5 Å². The minimum absolute atomic E-state index is 0.0740. The minimum atomic E-state index is -1.41. The summed E-state index contributed by atoms with van der Waals surface area (Å²) in [4.78, 5) is 31.5. The largest absolute Gasteiger partial charge is 0.309 e. The van der Waals surface area contributed by atoms with Crippen molar-refractivity contribution in [2.45, 2.75) is 18.5 Å². The molecule has 0 saturated heterocycles. The second-order valence-corrected chi connectivity index (χ2v) is 3.08. The standard InChI is InChI=1S/C9H8N2O3/c10-9(11)2-1-6(3-12)7(4-13)8(9)5-14/h1-2,10-11H2. The number of rotatable bonds is 0. The first-order chi connectivity index (χ1) is 6.56. The number of carbonyl (C=O) groups excluding carboxylic acids is 3. The van der Waals surface area contributed by atoms with Gasteiger partial charge in [0, 0.05) is 0 Å². The molecule has 5 heteroatoms. The summed E-state index contributed by atoms with van der Waals surface area (Å²) in [5.74, 6) is 4.51. The molecular formula is C9H8N2O3. The molecule has 0 aromatic rings. The van der Waals surface area contributed by atoms with Crippen LogP contribution >= 0.6 is 0 Å². The zero-order chi connectivity index (χ0) is 10.8. The zero-order valence-electron chi connectivity index (χ0n) is 7.29. The fourth-order valence-corrected chi connectivity index (χ4v) is 1.33. The fourth-order valence-electron chi connectivity index (χ4n) is 1.33. The molecule has 1 aliphatic rings. The third kappa shape index (κ3) is 1.50. The van der Waals surface area contributed by atoms with Gasteiger partial charge in [0.05, 0.1) is 16.7 Å². The molecule has 0 atom stereocenters. The van der Waals surface area contributed by atoms with Crippen LogP contribution in [0.15, 0.2) is 16.7 Å². The number of allylic oxidation sites excluding steroid dienone is 1. The molecule has 1 rings (SSSR count). The maximum absolute atomic E-state index is 10.5. The van der Waals surface area contributed by atoms with E-state index in [9.17, 15) is 14.4 Å². The highest BCUT2D eigenvalue weighted by atomic mass is 16.1. The molecule has 0 aromatic heterocycles. The van der Waals surface area contributed by atoms with Gasteiger partial charge >= 0.3 is 0 Å². The first-order valence-electron chi connectivity index (χ1n) is 3.90. The average Bonchev–Trinajstić information content (AvgIpc) is 2.16. The van der Waals surface area contributed by atoms with Crippen LogP contribution in [-0.4, -0.2) is 23.5 Å². The molecule has 4 N–H and O–H groups in total. The van der Waals surface area contributed by atoms with Gasteiger partial charge in [0.15, 0.2) is 0 Å². The van der Waals surface area contributed by atoms with E-state index in [0.29, 0.717) is 0 Å². The Bertz CT molecular complexity index is 417. The van der Waals surface area contributed by atoms with E-state index in [-0.39, 0.29) is 29.6 Å². The molecule has 0 spiro atoms. The van der Waals surface area contributed by atoms with Gasteiger partial charge in [-0.3, -0.25) is 0 Å². The predicted molar refractivity (Wildman–Crippen MR) is 48.0 cm³/mol. The molecule has 0 aromatic carbocycles. The van der Waals surface area contributed by atoms with Gasteiger partial charge in [-0.2, -0.15) is 0 Å². The van der Waals surface area contributed by atoms with E-state index in [1.807, 2.05) is 0 Å². The van der Waals surface area contributed by atoms with E-state index in [2.05, 4.69) is 0 Å². The highest BCUT2D eigenvalue weighted by molar-refractivity contribution is 5.85. The molecule has 1 aliphatic carbocycles. The first kappa shape index (κ1) is 10.4. The van der Waals surface area contributed by atoms with Crippen molar-refractivity contribution >= 4 is 17.8 Å². The second kappa shape index (κ2) is 3.56. The van der Waals surface area contributed by atoms with Crippen LogP contribution in [0.1, 0.15) is 12.8 Å². The Labute approximate surface area is 79.7 Å². The number of hydrogen-bond acceptors (Lipinski definition) is 5. The van der Waals surface area contributed by atoms with Gasteiger partial charge in [-0.15, -0.1) is 0 Å². The molecule has 72 valence electrons. The zero-order valence-corrected chi connectivity index (χ0v) is 7.29. The van der Waals surface area contributed by atoms with Crippen LogP contribution in [0.3, 0.4) is 0 Å². The van der Waals surface area contributed by atoms with Crippen molar-refractivity contribution in [3.05, 3.63) is 16.7 Å². The molecule has 14 heavy (non-hydrogen) atoms. The first-order valence-corrected chi connectivity index (χ1v) is 3.90. The van der Waals surface area contributed by atoms with Gasteiger partial charge in [-0.05, 0) is 12.8 Å². The highest BCUT2D eigenvalue weighted by Crippen LogP contribution is 2.31. The van der Waals surface area contributed by atoms with Gasteiger partial charge in [0.1, 0.15) is 23.5 Å². The summed E-state index contributed by atoms with van der Waals surface area (Å²) in [5, 5.41) is 0. The van der Waals surface area contributed by atoms with E-state index in [4.69, 9.17) is 11.5 Å². The van der Waals surface area contributed by atoms with Crippen LogP contribution in [-0.2, 0) is 14.4 Å². The molecule has 1 saturated carbocycles. The average molecular weight is 192 g/mol. The lowest BCUT2D eigenvalue weighted by molar-refractivity contribution is 0.461. The van der Waals surface area contributed by atoms with Crippen molar-refractivity contribution in [3.8, 4) is 0 Å². The second-order valence-electron chi connectivity index (χ2n) is 3.08. The van der Waals surface area contributed by atoms with E-state index >= 15 is 0 Å². The van der Waals surface area contributed by atoms with E-state index in [1.165, 1.54) is 11.9 Å². The van der Waals surface area contributed by atoms with Crippen molar-refractivity contribution in [1.29, 1.82) is 0 Å². The molecule has 0 aliphatic heterocycles. The van der Waals surface area contributed by atoms with Crippen LogP contribution in [0, 0.1) is 0 Å². The smallest absolute Gasteiger partial charge is 0.134 e. The van der Waals surface area contributed by atoms with Gasteiger partial charge in [0.2, 0.25) is 0 Å². The molecule has 0 heterocycles. The summed E-state index contributed by atoms with van der Waals surface area (Å²) >= 11 is 0. The summed E-state index contributed by atoms with van der Waals surface area (Å²) in [6, 6.07) is 0. The van der Waals surface area contributed by atoms with Gasteiger partial charge in [0.25, 0.3) is 0 Å². The molecule has 1 fully saturated rings. The van der Waals surface area contributed by atoms with Crippen molar-refractivity contribution < 1.29 is 14.4 Å². The van der Waals surface area contributed by atoms with Crippen LogP contribution in [0.4, 0.5) is 0 Å². The maximum Gasteiger partial charge on any atom is 0.134 e. The summed E-state index contributed by atoms with van der Waals surface area (Å²) in [5.41, 5.74) is 9.35. The molecule has 5 nitrogen and oxygen atoms in total. The van der Waals surface area contributed by atoms with Crippen molar-refractivity contribution in [1.82, 2.24) is 0 Å². The predicted octanol–water partition coefficient (Wildman–Crippen LogP) is -1.33. The lowest BCUT2D eigenvalue weighted by Gasteiger charge is -2.30. The summed E-state index contributed by atoms with van der Waals surface area (Å²) in [6.45, 7) is 0. The van der Waals surface area contributed by atoms with Crippen molar-refractivity contribution in [2.24, 2.45) is 11.5 Å². The quantitative estimate of drug-likeness (QED) is 0.365. The third-order valence-electron chi connectivity index (χ3n) is 2.13. The van der Waals surface area contributed by atoms with Crippen LogP contribution < -0.4 is 11.5 Å². The summed E-state index contributed by atoms with van der Waals surface area (Å²) < 4.78 is 0. The SMILES string of the molecule is NC1(N)CCC(=C=O)C(=C=O)C1=C=O. The fraction of sp³-hybridized carbons (Fsp3) is 0.333. The summed E-state index contributed by atoms with van der Waals surface area (Å²) in [6.07, 6.45) is 0.416. The Kier molecular flexibility index (Phi) is 2.63. The Morgan fingerprint density at radius 3 is 2.14 bits per heavy atom. The lowest BCUT2D eigenvalue weighted by atomic mass is 9.80. The number of nitrogens with two attached hydrogens (primary N) is 2. The summed E-state index contributed by atoms with van der Waals surface area (Å²) in [7, 11) is 0. The van der Waals surface area contributed by atoms with E-state index in [1.54, 1.807) is 5.94 Å². The van der Waals surface area contributed by atoms with Crippen molar-refractivity contribution in [2.75, 3.05) is 0 Å². The lowest BCUT2D eigenvalue weighted by Crippen LogP contribution is -2.53. The molecule has 0 amide bonds. The van der Waals surface area contributed by atoms with Gasteiger partial charge in [-0.1, -0.05) is 0 Å². The number of hydrogen-bond donors (Lipinski definition) is 2. The van der Waals surface area contributed by atoms with Crippen LogP contribution in [0.5, 0.6) is 0 Å². The molecule has 0 radical (unpaired) electrons. The molecular weight excluding hydrogens is 184 g/mol. The monoisotopic (exact) mass is 192 g/mol. The van der Waals surface area contributed by atoms with E-state index < -0.39 is 5.66 Å². The Morgan fingerprint density at radius 2 is 1.71 bits per heavy atom. The topological polar surface area (TPSA) is 103 Å². The van der Waals surface area contributed by atoms with Crippen LogP contribution in [0.2, 0.25) is 0 Å². The minimum Gasteiger partial charge on any atom is -0.309 e. The highest BCUT2D eigenvalue weighted by Gasteiger charge is 2.36. The van der Waals surface area contributed by atoms with Gasteiger partial charge in [-0.25, -0.2) is 14.4 Å². The molecule has 0 bridgehead atoms.